The van der Waals surface area contributed by atoms with Crippen LogP contribution in [0, 0.1) is 22.7 Å². The van der Waals surface area contributed by atoms with Gasteiger partial charge in [0.15, 0.2) is 0 Å². The number of ether oxygens (including phenoxy) is 3. The molecule has 212 valence electrons. The van der Waals surface area contributed by atoms with E-state index in [0.717, 1.165) is 24.6 Å². The molecule has 3 fully saturated rings. The molecule has 10 heteroatoms. The van der Waals surface area contributed by atoms with Gasteiger partial charge in [-0.3, -0.25) is 10.1 Å². The summed E-state index contributed by atoms with van der Waals surface area (Å²) in [4.78, 5) is 28.1. The number of benzene rings is 1. The monoisotopic (exact) mass is 550 g/mol. The van der Waals surface area contributed by atoms with Gasteiger partial charge < -0.3 is 29.3 Å². The van der Waals surface area contributed by atoms with Crippen LogP contribution in [0.3, 0.4) is 0 Å². The molecule has 6 unspecified atom stereocenters. The quantitative estimate of drug-likeness (QED) is 0.470. The van der Waals surface area contributed by atoms with Crippen LogP contribution in [0.4, 0.5) is 10.5 Å². The van der Waals surface area contributed by atoms with Crippen LogP contribution in [-0.4, -0.2) is 84.7 Å². The predicted molar refractivity (Wildman–Crippen MR) is 147 cm³/mol. The first kappa shape index (κ1) is 28.8. The summed E-state index contributed by atoms with van der Waals surface area (Å²) in [5, 5.41) is 24.5. The molecule has 1 saturated heterocycles. The number of nitrogens with one attached hydrogen (secondary N) is 1. The van der Waals surface area contributed by atoms with Gasteiger partial charge in [-0.15, -0.1) is 0 Å². The summed E-state index contributed by atoms with van der Waals surface area (Å²) in [6, 6.07) is 5.07. The van der Waals surface area contributed by atoms with Crippen LogP contribution in [-0.2, 0) is 9.53 Å². The van der Waals surface area contributed by atoms with Gasteiger partial charge in [-0.05, 0) is 42.9 Å². The second-order valence-corrected chi connectivity index (χ2v) is 12.6. The molecule has 0 radical (unpaired) electrons. The Labute approximate surface area is 229 Å². The minimum absolute atomic E-state index is 0.0124. The summed E-state index contributed by atoms with van der Waals surface area (Å²) >= 11 is 1.86. The lowest BCUT2D eigenvalue weighted by molar-refractivity contribution is -0.186. The van der Waals surface area contributed by atoms with Crippen molar-refractivity contribution in [2.75, 3.05) is 50.7 Å². The predicted octanol–water partition coefficient (Wildman–Crippen LogP) is 3.77. The largest absolute Gasteiger partial charge is 0.497 e. The second-order valence-electron chi connectivity index (χ2n) is 11.3. The van der Waals surface area contributed by atoms with Crippen molar-refractivity contribution < 1.29 is 34.0 Å². The highest BCUT2D eigenvalue weighted by atomic mass is 32.2. The lowest BCUT2D eigenvalue weighted by atomic mass is 9.46. The zero-order valence-electron chi connectivity index (χ0n) is 22.9. The Hall–Kier alpha value is -2.17. The van der Waals surface area contributed by atoms with Crippen molar-refractivity contribution in [2.24, 2.45) is 22.7 Å². The third-order valence-electron chi connectivity index (χ3n) is 9.28. The number of rotatable bonds is 7. The van der Waals surface area contributed by atoms with E-state index in [9.17, 15) is 19.8 Å². The number of methoxy groups -OCH3 is 2. The molecule has 6 atom stereocenters. The number of aliphatic hydroxyl groups is 2. The summed E-state index contributed by atoms with van der Waals surface area (Å²) < 4.78 is 16.5. The van der Waals surface area contributed by atoms with Crippen LogP contribution in [0.1, 0.15) is 46.0 Å². The lowest BCUT2D eigenvalue weighted by Gasteiger charge is -2.60. The van der Waals surface area contributed by atoms with Gasteiger partial charge in [-0.25, -0.2) is 4.79 Å². The van der Waals surface area contributed by atoms with Crippen molar-refractivity contribution >= 4 is 29.4 Å². The molecule has 0 aromatic heterocycles. The standard InChI is InChI=1S/C28H42N2O7S/c1-27-8-7-24(37-26(34)29-18-13-19(35-3)15-20(14-18)36-4)28(2,17-31)23(27)6-5-22(32)21(27)16-25(33)30-9-11-38-12-10-30/h13-15,21-24,31-32H,5-12,16-17H2,1-4H3,(H,29,34). The molecule has 2 amide bonds. The second kappa shape index (κ2) is 11.9. The van der Waals surface area contributed by atoms with Crippen LogP contribution in [0.5, 0.6) is 11.5 Å². The SMILES string of the molecule is COc1cc(NC(=O)OC2CCC3(C)C(CC(=O)N4CCSCC4)C(O)CCC3C2(C)CO)cc(OC)c1. The number of hydrogen-bond acceptors (Lipinski definition) is 8. The number of fused-ring (bicyclic) bond motifs is 1. The van der Waals surface area contributed by atoms with E-state index in [2.05, 4.69) is 12.2 Å². The minimum atomic E-state index is -0.709. The summed E-state index contributed by atoms with van der Waals surface area (Å²) in [5.41, 5.74) is -0.584. The number of aliphatic hydroxyl groups excluding tert-OH is 2. The zero-order chi connectivity index (χ0) is 27.5. The molecule has 1 heterocycles. The fraction of sp³-hybridized carbons (Fsp3) is 0.714. The molecule has 0 bridgehead atoms. The molecule has 3 N–H and O–H groups in total. The Morgan fingerprint density at radius 3 is 2.34 bits per heavy atom. The molecule has 9 nitrogen and oxygen atoms in total. The van der Waals surface area contributed by atoms with Gasteiger partial charge in [0.25, 0.3) is 0 Å². The van der Waals surface area contributed by atoms with Gasteiger partial charge in [-0.2, -0.15) is 11.8 Å². The Kier molecular flexibility index (Phi) is 9.04. The first-order valence-corrected chi connectivity index (χ1v) is 14.6. The van der Waals surface area contributed by atoms with Crippen molar-refractivity contribution in [1.82, 2.24) is 4.90 Å². The van der Waals surface area contributed by atoms with Crippen molar-refractivity contribution in [3.8, 4) is 11.5 Å². The molecule has 2 aliphatic carbocycles. The number of carbonyl (C=O) groups excluding carboxylic acids is 2. The van der Waals surface area contributed by atoms with E-state index in [1.54, 1.807) is 18.2 Å². The smallest absolute Gasteiger partial charge is 0.411 e. The molecule has 1 aromatic carbocycles. The first-order chi connectivity index (χ1) is 18.1. The molecular formula is C28H42N2O7S. The fourth-order valence-corrected chi connectivity index (χ4v) is 7.97. The highest BCUT2D eigenvalue weighted by Crippen LogP contribution is 2.61. The summed E-state index contributed by atoms with van der Waals surface area (Å²) in [7, 11) is 3.08. The third kappa shape index (κ3) is 5.72. The van der Waals surface area contributed by atoms with Crippen molar-refractivity contribution in [2.45, 2.75) is 58.2 Å². The van der Waals surface area contributed by atoms with Crippen LogP contribution >= 0.6 is 11.8 Å². The summed E-state index contributed by atoms with van der Waals surface area (Å²) in [5.74, 6) is 2.87. The van der Waals surface area contributed by atoms with E-state index in [0.29, 0.717) is 49.3 Å². The summed E-state index contributed by atoms with van der Waals surface area (Å²) in [6.07, 6.45) is 1.12. The molecule has 1 aliphatic heterocycles. The Morgan fingerprint density at radius 2 is 1.74 bits per heavy atom. The van der Waals surface area contributed by atoms with Gasteiger partial charge in [0, 0.05) is 54.6 Å². The maximum Gasteiger partial charge on any atom is 0.411 e. The van der Waals surface area contributed by atoms with Crippen molar-refractivity contribution in [1.29, 1.82) is 0 Å². The van der Waals surface area contributed by atoms with Gasteiger partial charge in [0.05, 0.1) is 32.6 Å². The maximum absolute atomic E-state index is 13.2. The Bertz CT molecular complexity index is 981. The average molecular weight is 551 g/mol. The number of carbonyl (C=O) groups is 2. The fourth-order valence-electron chi connectivity index (χ4n) is 7.07. The lowest BCUT2D eigenvalue weighted by Crippen LogP contribution is -2.61. The van der Waals surface area contributed by atoms with E-state index in [1.807, 2.05) is 23.6 Å². The van der Waals surface area contributed by atoms with E-state index >= 15 is 0 Å². The summed E-state index contributed by atoms with van der Waals surface area (Å²) in [6.45, 7) is 5.48. The van der Waals surface area contributed by atoms with Crippen molar-refractivity contribution in [3.05, 3.63) is 18.2 Å². The highest BCUT2D eigenvalue weighted by molar-refractivity contribution is 7.99. The maximum atomic E-state index is 13.2. The molecule has 0 spiro atoms. The van der Waals surface area contributed by atoms with E-state index in [1.165, 1.54) is 14.2 Å². The number of amides is 2. The number of thioether (sulfide) groups is 1. The van der Waals surface area contributed by atoms with Crippen LogP contribution in [0.2, 0.25) is 0 Å². The van der Waals surface area contributed by atoms with Gasteiger partial charge in [0.2, 0.25) is 5.91 Å². The van der Waals surface area contributed by atoms with Crippen LogP contribution < -0.4 is 14.8 Å². The normalized spacial score (nSPS) is 33.2. The molecule has 1 aromatic rings. The molecule has 4 rings (SSSR count). The molecule has 2 saturated carbocycles. The van der Waals surface area contributed by atoms with Gasteiger partial charge in [-0.1, -0.05) is 13.8 Å². The van der Waals surface area contributed by atoms with Crippen LogP contribution in [0.15, 0.2) is 18.2 Å². The number of anilines is 1. The van der Waals surface area contributed by atoms with E-state index in [4.69, 9.17) is 14.2 Å². The zero-order valence-corrected chi connectivity index (χ0v) is 23.7. The van der Waals surface area contributed by atoms with E-state index in [-0.39, 0.29) is 29.8 Å². The Balaban J connectivity index is 1.49. The Morgan fingerprint density at radius 1 is 1.08 bits per heavy atom. The van der Waals surface area contributed by atoms with Gasteiger partial charge in [0.1, 0.15) is 17.6 Å². The molecule has 38 heavy (non-hydrogen) atoms. The van der Waals surface area contributed by atoms with E-state index < -0.39 is 23.7 Å². The third-order valence-corrected chi connectivity index (χ3v) is 10.2. The molecule has 3 aliphatic rings. The number of nitrogens with zero attached hydrogens (tertiary/aromatic N) is 1. The van der Waals surface area contributed by atoms with Gasteiger partial charge >= 0.3 is 6.09 Å². The van der Waals surface area contributed by atoms with Crippen molar-refractivity contribution in [3.63, 3.8) is 0 Å². The highest BCUT2D eigenvalue weighted by Gasteiger charge is 2.60. The first-order valence-electron chi connectivity index (χ1n) is 13.5. The average Bonchev–Trinajstić information content (AvgIpc) is 2.92. The van der Waals surface area contributed by atoms with Crippen LogP contribution in [0.25, 0.3) is 0 Å². The topological polar surface area (TPSA) is 118 Å². The molecular weight excluding hydrogens is 508 g/mol. The minimum Gasteiger partial charge on any atom is -0.497 e. The number of hydrogen-bond donors (Lipinski definition) is 3.